The molecule has 0 saturated heterocycles. The van der Waals surface area contributed by atoms with E-state index in [4.69, 9.17) is 0 Å². The minimum absolute atomic E-state index is 0.0191. The normalized spacial score (nSPS) is 13.3. The number of rotatable bonds is 12. The lowest BCUT2D eigenvalue weighted by Gasteiger charge is -2.17. The van der Waals surface area contributed by atoms with E-state index in [-0.39, 0.29) is 23.9 Å². The number of aromatic nitrogens is 4. The van der Waals surface area contributed by atoms with E-state index in [2.05, 4.69) is 10.2 Å². The smallest absolute Gasteiger partial charge is 0.189 e. The molecule has 0 aliphatic rings. The molecule has 0 aliphatic heterocycles. The van der Waals surface area contributed by atoms with Crippen molar-refractivity contribution in [1.29, 1.82) is 0 Å². The van der Waals surface area contributed by atoms with Crippen molar-refractivity contribution in [3.05, 3.63) is 35.4 Å². The number of nitrogens with zero attached hydrogens (tertiary/aromatic N) is 4. The molecule has 2 heterocycles. The van der Waals surface area contributed by atoms with Crippen molar-refractivity contribution >= 4 is 21.4 Å². The summed E-state index contributed by atoms with van der Waals surface area (Å²) in [4.78, 5) is 26.3. The Labute approximate surface area is 189 Å². The van der Waals surface area contributed by atoms with Gasteiger partial charge in [-0.2, -0.15) is 10.2 Å². The number of aryl methyl sites for hydroxylation is 2. The predicted octanol–water partition coefficient (Wildman–Crippen LogP) is 2.50. The Hall–Kier alpha value is -2.33. The lowest BCUT2D eigenvalue weighted by molar-refractivity contribution is 0.0845. The van der Waals surface area contributed by atoms with E-state index < -0.39 is 21.2 Å². The molecule has 0 spiro atoms. The maximum absolute atomic E-state index is 13.4. The molecule has 0 saturated carbocycles. The molecule has 2 aromatic heterocycles. The summed E-state index contributed by atoms with van der Waals surface area (Å²) in [5, 5.41) is 18.0. The van der Waals surface area contributed by atoms with Gasteiger partial charge in [0.1, 0.15) is 21.2 Å². The Balaban J connectivity index is 2.34. The van der Waals surface area contributed by atoms with Gasteiger partial charge in [-0.1, -0.05) is 27.7 Å². The van der Waals surface area contributed by atoms with E-state index in [1.165, 1.54) is 17.1 Å². The van der Waals surface area contributed by atoms with Gasteiger partial charge in [-0.25, -0.2) is 8.42 Å². The first-order valence-corrected chi connectivity index (χ1v) is 12.9. The van der Waals surface area contributed by atoms with Gasteiger partial charge >= 0.3 is 0 Å². The first-order valence-electron chi connectivity index (χ1n) is 10.9. The summed E-state index contributed by atoms with van der Waals surface area (Å²) in [5.74, 6) is -0.805. The second kappa shape index (κ2) is 10.5. The summed E-state index contributed by atoms with van der Waals surface area (Å²) in [5.41, 5.74) is 0.706. The summed E-state index contributed by atoms with van der Waals surface area (Å²) in [6.07, 6.45) is 3.99. The van der Waals surface area contributed by atoms with E-state index in [1.807, 2.05) is 27.7 Å². The Morgan fingerprint density at radius 3 is 2.34 bits per heavy atom. The number of hydrogen-bond donors (Lipinski definition) is 1. The number of sulfone groups is 1. The van der Waals surface area contributed by atoms with Crippen LogP contribution >= 0.6 is 0 Å². The fourth-order valence-electron chi connectivity index (χ4n) is 3.47. The molecule has 1 N–H and O–H groups in total. The van der Waals surface area contributed by atoms with Crippen LogP contribution in [0.4, 0.5) is 0 Å². The van der Waals surface area contributed by atoms with Crippen molar-refractivity contribution in [3.63, 3.8) is 0 Å². The third-order valence-corrected chi connectivity index (χ3v) is 6.21. The lowest BCUT2D eigenvalue weighted by Crippen LogP contribution is -2.24. The topological polar surface area (TPSA) is 124 Å². The molecular weight excluding hydrogens is 432 g/mol. The summed E-state index contributed by atoms with van der Waals surface area (Å²) >= 11 is 0. The van der Waals surface area contributed by atoms with Gasteiger partial charge in [-0.15, -0.1) is 0 Å². The average Bonchev–Trinajstić information content (AvgIpc) is 3.31. The molecule has 9 nitrogen and oxygen atoms in total. The highest BCUT2D eigenvalue weighted by atomic mass is 32.2. The summed E-state index contributed by atoms with van der Waals surface area (Å²) < 4.78 is 25.9. The van der Waals surface area contributed by atoms with Crippen LogP contribution in [0.3, 0.4) is 0 Å². The van der Waals surface area contributed by atoms with Gasteiger partial charge in [0.05, 0.1) is 17.4 Å². The molecular formula is C22H34N4O5S. The monoisotopic (exact) mass is 466 g/mol. The number of aliphatic hydroxyl groups is 1. The predicted molar refractivity (Wildman–Crippen MR) is 122 cm³/mol. The third kappa shape index (κ3) is 6.59. The van der Waals surface area contributed by atoms with Crippen LogP contribution in [0.5, 0.6) is 0 Å². The first-order chi connectivity index (χ1) is 14.9. The van der Waals surface area contributed by atoms with Gasteiger partial charge in [0.25, 0.3) is 0 Å². The Bertz CT molecular complexity index is 1050. The van der Waals surface area contributed by atoms with Crippen LogP contribution in [0.2, 0.25) is 0 Å². The van der Waals surface area contributed by atoms with Gasteiger partial charge < -0.3 is 5.11 Å². The van der Waals surface area contributed by atoms with E-state index in [0.29, 0.717) is 49.4 Å². The summed E-state index contributed by atoms with van der Waals surface area (Å²) in [7, 11) is -3.09. The Morgan fingerprint density at radius 1 is 1.12 bits per heavy atom. The minimum Gasteiger partial charge on any atom is -0.396 e. The zero-order chi connectivity index (χ0) is 24.1. The van der Waals surface area contributed by atoms with Crippen LogP contribution in [-0.4, -0.2) is 63.3 Å². The van der Waals surface area contributed by atoms with Crippen molar-refractivity contribution in [2.24, 2.45) is 5.41 Å². The highest BCUT2D eigenvalue weighted by Crippen LogP contribution is 2.28. The van der Waals surface area contributed by atoms with Gasteiger partial charge in [-0.3, -0.25) is 19.0 Å². The molecule has 0 amide bonds. The third-order valence-electron chi connectivity index (χ3n) is 5.18. The maximum Gasteiger partial charge on any atom is 0.189 e. The molecule has 0 bridgehead atoms. The number of hydrogen-bond acceptors (Lipinski definition) is 7. The van der Waals surface area contributed by atoms with Crippen molar-refractivity contribution < 1.29 is 23.1 Å². The van der Waals surface area contributed by atoms with Crippen molar-refractivity contribution in [3.8, 4) is 0 Å². The second-order valence-electron chi connectivity index (χ2n) is 9.08. The molecule has 1 atom stereocenters. The number of Topliss-reactive ketones (excluding diaryl/α,β-unsaturated/α-hetero) is 2. The van der Waals surface area contributed by atoms with E-state index in [9.17, 15) is 23.1 Å². The molecule has 2 aromatic rings. The molecule has 2 rings (SSSR count). The largest absolute Gasteiger partial charge is 0.396 e. The van der Waals surface area contributed by atoms with E-state index in [0.717, 1.165) is 0 Å². The fourth-order valence-corrected chi connectivity index (χ4v) is 4.12. The number of ketones is 2. The molecule has 0 aromatic carbocycles. The molecule has 0 fully saturated rings. The zero-order valence-corrected chi connectivity index (χ0v) is 20.4. The molecule has 0 aliphatic carbocycles. The van der Waals surface area contributed by atoms with Gasteiger partial charge in [0.15, 0.2) is 11.6 Å². The van der Waals surface area contributed by atoms with Crippen molar-refractivity contribution in [1.82, 2.24) is 19.6 Å². The van der Waals surface area contributed by atoms with Crippen LogP contribution in [-0.2, 0) is 22.9 Å². The Kier molecular flexibility index (Phi) is 8.53. The standard InChI is InChI=1S/C22H34N4O5S/c1-6-16(20(28)18-9-10-23-25(18)12-8-14-32(5,30)31)17-15-19(21(29)22(2,3)4)26(24-17)11-7-13-27/h9-10,15-16,27H,6-8,11-14H2,1-5H3. The van der Waals surface area contributed by atoms with Crippen molar-refractivity contribution in [2.75, 3.05) is 18.6 Å². The lowest BCUT2D eigenvalue weighted by atomic mass is 9.88. The number of carbonyl (C=O) groups is 2. The van der Waals surface area contributed by atoms with Crippen molar-refractivity contribution in [2.45, 2.75) is 66.0 Å². The van der Waals surface area contributed by atoms with Crippen LogP contribution in [0.1, 0.15) is 79.5 Å². The SMILES string of the molecule is CCC(C(=O)c1ccnn1CCCS(C)(=O)=O)c1cc(C(=O)C(C)(C)C)n(CCCO)n1. The minimum atomic E-state index is -3.09. The van der Waals surface area contributed by atoms with Gasteiger partial charge in [0.2, 0.25) is 0 Å². The van der Waals surface area contributed by atoms with Crippen LogP contribution in [0.15, 0.2) is 18.3 Å². The average molecular weight is 467 g/mol. The molecule has 178 valence electrons. The van der Waals surface area contributed by atoms with Gasteiger partial charge in [-0.05, 0) is 31.4 Å². The number of carbonyl (C=O) groups excluding carboxylic acids is 2. The van der Waals surface area contributed by atoms with Crippen LogP contribution in [0, 0.1) is 5.41 Å². The first kappa shape index (κ1) is 25.9. The molecule has 1 unspecified atom stereocenters. The second-order valence-corrected chi connectivity index (χ2v) is 11.3. The highest BCUT2D eigenvalue weighted by Gasteiger charge is 2.31. The van der Waals surface area contributed by atoms with Crippen LogP contribution in [0.25, 0.3) is 0 Å². The fraction of sp³-hybridized carbons (Fsp3) is 0.636. The molecule has 32 heavy (non-hydrogen) atoms. The van der Waals surface area contributed by atoms with E-state index in [1.54, 1.807) is 16.8 Å². The maximum atomic E-state index is 13.4. The zero-order valence-electron chi connectivity index (χ0n) is 19.5. The van der Waals surface area contributed by atoms with Gasteiger partial charge in [0, 0.05) is 37.6 Å². The highest BCUT2D eigenvalue weighted by molar-refractivity contribution is 7.90. The number of aliphatic hydroxyl groups excluding tert-OH is 1. The van der Waals surface area contributed by atoms with Crippen LogP contribution < -0.4 is 0 Å². The molecule has 0 radical (unpaired) electrons. The quantitative estimate of drug-likeness (QED) is 0.477. The van der Waals surface area contributed by atoms with E-state index >= 15 is 0 Å². The molecule has 10 heteroatoms. The summed E-state index contributed by atoms with van der Waals surface area (Å²) in [6, 6.07) is 3.30. The Morgan fingerprint density at radius 2 is 1.78 bits per heavy atom. The summed E-state index contributed by atoms with van der Waals surface area (Å²) in [6.45, 7) is 8.03.